The predicted molar refractivity (Wildman–Crippen MR) is 88.2 cm³/mol. The summed E-state index contributed by atoms with van der Waals surface area (Å²) in [6, 6.07) is 13.1. The number of hydrogen-bond acceptors (Lipinski definition) is 2. The number of ketones is 1. The van der Waals surface area contributed by atoms with Gasteiger partial charge in [-0.05, 0) is 42.0 Å². The summed E-state index contributed by atoms with van der Waals surface area (Å²) in [7, 11) is 1.55. The van der Waals surface area contributed by atoms with Gasteiger partial charge >= 0.3 is 0 Å². The van der Waals surface area contributed by atoms with Crippen LogP contribution in [-0.2, 0) is 0 Å². The van der Waals surface area contributed by atoms with E-state index < -0.39 is 0 Å². The van der Waals surface area contributed by atoms with Gasteiger partial charge in [0.05, 0.1) is 12.7 Å². The minimum Gasteiger partial charge on any atom is -0.496 e. The van der Waals surface area contributed by atoms with Crippen LogP contribution < -0.4 is 4.74 Å². The van der Waals surface area contributed by atoms with Crippen LogP contribution in [0, 0.1) is 0 Å². The largest absolute Gasteiger partial charge is 0.496 e. The molecule has 0 aromatic heterocycles. The van der Waals surface area contributed by atoms with Crippen LogP contribution >= 0.6 is 31.9 Å². The zero-order valence-corrected chi connectivity index (χ0v) is 13.9. The standard InChI is InChI=1S/C16H12Br2O2/c1-20-16-8-6-13(18)10-14(16)15(19)7-5-11-3-2-4-12(17)9-11/h2-10H,1H3/b7-5+. The Bertz CT molecular complexity index is 663. The summed E-state index contributed by atoms with van der Waals surface area (Å²) in [6.07, 6.45) is 3.33. The number of hydrogen-bond donors (Lipinski definition) is 0. The summed E-state index contributed by atoms with van der Waals surface area (Å²) in [5.41, 5.74) is 1.50. The van der Waals surface area contributed by atoms with E-state index in [-0.39, 0.29) is 5.78 Å². The van der Waals surface area contributed by atoms with E-state index in [1.807, 2.05) is 30.3 Å². The van der Waals surface area contributed by atoms with Crippen LogP contribution in [0.5, 0.6) is 5.75 Å². The minimum absolute atomic E-state index is 0.0943. The molecule has 0 saturated carbocycles. The van der Waals surface area contributed by atoms with Gasteiger partial charge in [0.2, 0.25) is 0 Å². The molecule has 2 nitrogen and oxygen atoms in total. The third-order valence-electron chi connectivity index (χ3n) is 2.70. The molecule has 0 spiro atoms. The third kappa shape index (κ3) is 3.81. The van der Waals surface area contributed by atoms with Crippen molar-refractivity contribution in [3.05, 3.63) is 68.6 Å². The third-order valence-corrected chi connectivity index (χ3v) is 3.69. The number of benzene rings is 2. The second-order valence-corrected chi connectivity index (χ2v) is 5.93. The molecule has 0 aliphatic carbocycles. The molecular formula is C16H12Br2O2. The van der Waals surface area contributed by atoms with Gasteiger partial charge in [0.1, 0.15) is 5.75 Å². The lowest BCUT2D eigenvalue weighted by Gasteiger charge is -2.05. The number of methoxy groups -OCH3 is 1. The average Bonchev–Trinajstić information content (AvgIpc) is 2.45. The fourth-order valence-electron chi connectivity index (χ4n) is 1.74. The van der Waals surface area contributed by atoms with Gasteiger partial charge in [-0.3, -0.25) is 4.79 Å². The van der Waals surface area contributed by atoms with Crippen molar-refractivity contribution in [1.29, 1.82) is 0 Å². The molecule has 0 amide bonds. The summed E-state index contributed by atoms with van der Waals surface area (Å²) in [5, 5.41) is 0. The van der Waals surface area contributed by atoms with Crippen LogP contribution in [0.2, 0.25) is 0 Å². The van der Waals surface area contributed by atoms with Gasteiger partial charge in [0, 0.05) is 8.95 Å². The van der Waals surface area contributed by atoms with Crippen LogP contribution in [0.25, 0.3) is 6.08 Å². The summed E-state index contributed by atoms with van der Waals surface area (Å²) in [6.45, 7) is 0. The maximum atomic E-state index is 12.2. The van der Waals surface area contributed by atoms with E-state index in [2.05, 4.69) is 31.9 Å². The minimum atomic E-state index is -0.0943. The molecule has 0 unspecified atom stereocenters. The Kier molecular flexibility index (Phi) is 5.15. The zero-order chi connectivity index (χ0) is 14.5. The van der Waals surface area contributed by atoms with Gasteiger partial charge in [-0.2, -0.15) is 0 Å². The Labute approximate surface area is 134 Å². The maximum Gasteiger partial charge on any atom is 0.189 e. The summed E-state index contributed by atoms with van der Waals surface area (Å²) in [4.78, 5) is 12.2. The highest BCUT2D eigenvalue weighted by molar-refractivity contribution is 9.10. The Morgan fingerprint density at radius 2 is 1.85 bits per heavy atom. The van der Waals surface area contributed by atoms with E-state index in [0.717, 1.165) is 14.5 Å². The van der Waals surface area contributed by atoms with Gasteiger partial charge in [-0.15, -0.1) is 0 Å². The second kappa shape index (κ2) is 6.86. The lowest BCUT2D eigenvalue weighted by Crippen LogP contribution is -1.98. The Balaban J connectivity index is 2.26. The first-order chi connectivity index (χ1) is 9.60. The quantitative estimate of drug-likeness (QED) is 0.530. The monoisotopic (exact) mass is 394 g/mol. The van der Waals surface area contributed by atoms with E-state index in [1.165, 1.54) is 0 Å². The highest BCUT2D eigenvalue weighted by Crippen LogP contribution is 2.24. The maximum absolute atomic E-state index is 12.2. The first-order valence-electron chi connectivity index (χ1n) is 5.91. The van der Waals surface area contributed by atoms with Crippen molar-refractivity contribution in [2.45, 2.75) is 0 Å². The van der Waals surface area contributed by atoms with E-state index in [4.69, 9.17) is 4.74 Å². The summed E-state index contributed by atoms with van der Waals surface area (Å²) < 4.78 is 7.03. The molecule has 20 heavy (non-hydrogen) atoms. The smallest absolute Gasteiger partial charge is 0.189 e. The van der Waals surface area contributed by atoms with Crippen molar-refractivity contribution in [3.8, 4) is 5.75 Å². The second-order valence-electron chi connectivity index (χ2n) is 4.10. The fourth-order valence-corrected chi connectivity index (χ4v) is 2.52. The molecular weight excluding hydrogens is 384 g/mol. The van der Waals surface area contributed by atoms with Crippen molar-refractivity contribution < 1.29 is 9.53 Å². The number of carbonyl (C=O) groups excluding carboxylic acids is 1. The molecule has 2 aromatic carbocycles. The van der Waals surface area contributed by atoms with Crippen LogP contribution in [0.3, 0.4) is 0 Å². The van der Waals surface area contributed by atoms with Crippen molar-refractivity contribution in [1.82, 2.24) is 0 Å². The molecule has 0 atom stereocenters. The molecule has 2 aromatic rings. The summed E-state index contributed by atoms with van der Waals surface area (Å²) >= 11 is 6.76. The van der Waals surface area contributed by atoms with Crippen molar-refractivity contribution in [2.75, 3.05) is 7.11 Å². The molecule has 0 aliphatic heterocycles. The average molecular weight is 396 g/mol. The number of rotatable bonds is 4. The van der Waals surface area contributed by atoms with E-state index in [1.54, 1.807) is 31.4 Å². The van der Waals surface area contributed by atoms with Crippen molar-refractivity contribution in [3.63, 3.8) is 0 Å². The van der Waals surface area contributed by atoms with Crippen LogP contribution in [0.4, 0.5) is 0 Å². The lowest BCUT2D eigenvalue weighted by atomic mass is 10.1. The predicted octanol–water partition coefficient (Wildman–Crippen LogP) is 5.12. The molecule has 2 rings (SSSR count). The Morgan fingerprint density at radius 1 is 1.10 bits per heavy atom. The van der Waals surface area contributed by atoms with Crippen molar-refractivity contribution in [2.24, 2.45) is 0 Å². The topological polar surface area (TPSA) is 26.3 Å². The highest BCUT2D eigenvalue weighted by Gasteiger charge is 2.09. The molecule has 102 valence electrons. The number of carbonyl (C=O) groups is 1. The van der Waals surface area contributed by atoms with E-state index in [9.17, 15) is 4.79 Å². The lowest BCUT2D eigenvalue weighted by molar-refractivity contribution is 0.104. The molecule has 0 fully saturated rings. The molecule has 0 radical (unpaired) electrons. The SMILES string of the molecule is COc1ccc(Br)cc1C(=O)/C=C/c1cccc(Br)c1. The molecule has 0 heterocycles. The highest BCUT2D eigenvalue weighted by atomic mass is 79.9. The van der Waals surface area contributed by atoms with Gasteiger partial charge in [0.15, 0.2) is 5.78 Å². The van der Waals surface area contributed by atoms with Crippen LogP contribution in [-0.4, -0.2) is 12.9 Å². The van der Waals surface area contributed by atoms with Crippen LogP contribution in [0.15, 0.2) is 57.5 Å². The Hall–Kier alpha value is -1.39. The van der Waals surface area contributed by atoms with Gasteiger partial charge in [-0.1, -0.05) is 50.1 Å². The normalized spacial score (nSPS) is 10.8. The Morgan fingerprint density at radius 3 is 2.55 bits per heavy atom. The van der Waals surface area contributed by atoms with Crippen LogP contribution in [0.1, 0.15) is 15.9 Å². The van der Waals surface area contributed by atoms with Gasteiger partial charge in [0.25, 0.3) is 0 Å². The van der Waals surface area contributed by atoms with Gasteiger partial charge in [-0.25, -0.2) is 0 Å². The molecule has 0 bridgehead atoms. The molecule has 4 heteroatoms. The first-order valence-corrected chi connectivity index (χ1v) is 7.50. The zero-order valence-electron chi connectivity index (χ0n) is 10.8. The fraction of sp³-hybridized carbons (Fsp3) is 0.0625. The number of halogens is 2. The molecule has 0 aliphatic rings. The van der Waals surface area contributed by atoms with E-state index in [0.29, 0.717) is 11.3 Å². The number of ether oxygens (including phenoxy) is 1. The van der Waals surface area contributed by atoms with E-state index >= 15 is 0 Å². The van der Waals surface area contributed by atoms with Gasteiger partial charge < -0.3 is 4.74 Å². The first kappa shape index (κ1) is 15.0. The number of allylic oxidation sites excluding steroid dienone is 1. The molecule has 0 N–H and O–H groups in total. The van der Waals surface area contributed by atoms with Crippen molar-refractivity contribution >= 4 is 43.7 Å². The summed E-state index contributed by atoms with van der Waals surface area (Å²) in [5.74, 6) is 0.472. The molecule has 0 saturated heterocycles.